The SMILES string of the molecule is CN(CC(C)(C)C)c1nc(Cl)ncc1Cl. The maximum absolute atomic E-state index is 5.99. The summed E-state index contributed by atoms with van der Waals surface area (Å²) in [4.78, 5) is 9.90. The van der Waals surface area contributed by atoms with Crippen molar-refractivity contribution in [1.82, 2.24) is 9.97 Å². The highest BCUT2D eigenvalue weighted by Crippen LogP contribution is 2.25. The van der Waals surface area contributed by atoms with Crippen molar-refractivity contribution in [2.24, 2.45) is 5.41 Å². The predicted molar refractivity (Wildman–Crippen MR) is 64.8 cm³/mol. The van der Waals surface area contributed by atoms with E-state index >= 15 is 0 Å². The standard InChI is InChI=1S/C10H15Cl2N3/c1-10(2,3)6-15(4)8-7(11)5-13-9(12)14-8/h5H,6H2,1-4H3. The van der Waals surface area contributed by atoms with Crippen molar-refractivity contribution >= 4 is 29.0 Å². The number of aromatic nitrogens is 2. The van der Waals surface area contributed by atoms with Crippen molar-refractivity contribution in [2.45, 2.75) is 20.8 Å². The molecule has 1 heterocycles. The van der Waals surface area contributed by atoms with Gasteiger partial charge in [0.1, 0.15) is 5.02 Å². The molecule has 0 aliphatic heterocycles. The predicted octanol–water partition coefficient (Wildman–Crippen LogP) is 3.27. The Labute approximate surface area is 100 Å². The maximum atomic E-state index is 5.99. The van der Waals surface area contributed by atoms with Gasteiger partial charge in [0.2, 0.25) is 5.28 Å². The van der Waals surface area contributed by atoms with Crippen LogP contribution in [0, 0.1) is 5.41 Å². The summed E-state index contributed by atoms with van der Waals surface area (Å²) in [7, 11) is 1.94. The molecular weight excluding hydrogens is 233 g/mol. The molecule has 5 heteroatoms. The van der Waals surface area contributed by atoms with Crippen LogP contribution in [0.3, 0.4) is 0 Å². The second-order valence-corrected chi connectivity index (χ2v) is 5.47. The Hall–Kier alpha value is -0.540. The van der Waals surface area contributed by atoms with E-state index in [0.717, 1.165) is 6.54 Å². The molecule has 0 saturated heterocycles. The van der Waals surface area contributed by atoms with Crippen molar-refractivity contribution in [3.63, 3.8) is 0 Å². The first-order chi connectivity index (χ1) is 6.79. The number of hydrogen-bond donors (Lipinski definition) is 0. The van der Waals surface area contributed by atoms with Crippen LogP contribution < -0.4 is 4.90 Å². The molecule has 84 valence electrons. The molecule has 0 bridgehead atoms. The highest BCUT2D eigenvalue weighted by molar-refractivity contribution is 6.33. The first kappa shape index (κ1) is 12.5. The molecule has 3 nitrogen and oxygen atoms in total. The maximum Gasteiger partial charge on any atom is 0.224 e. The van der Waals surface area contributed by atoms with Crippen LogP contribution in [-0.2, 0) is 0 Å². The van der Waals surface area contributed by atoms with Crippen molar-refractivity contribution in [3.8, 4) is 0 Å². The molecule has 0 unspecified atom stereocenters. The minimum atomic E-state index is 0.176. The molecule has 0 N–H and O–H groups in total. The number of nitrogens with zero attached hydrogens (tertiary/aromatic N) is 3. The molecule has 0 atom stereocenters. The minimum Gasteiger partial charge on any atom is -0.358 e. The zero-order valence-electron chi connectivity index (χ0n) is 9.38. The van der Waals surface area contributed by atoms with Crippen LogP contribution in [0.2, 0.25) is 10.3 Å². The summed E-state index contributed by atoms with van der Waals surface area (Å²) in [6.07, 6.45) is 1.52. The zero-order chi connectivity index (χ0) is 11.6. The van der Waals surface area contributed by atoms with E-state index in [4.69, 9.17) is 23.2 Å². The first-order valence-electron chi connectivity index (χ1n) is 4.69. The monoisotopic (exact) mass is 247 g/mol. The van der Waals surface area contributed by atoms with Gasteiger partial charge in [0.25, 0.3) is 0 Å². The third-order valence-electron chi connectivity index (χ3n) is 1.77. The summed E-state index contributed by atoms with van der Waals surface area (Å²) in [5.41, 5.74) is 0.176. The van der Waals surface area contributed by atoms with Crippen molar-refractivity contribution in [1.29, 1.82) is 0 Å². The zero-order valence-corrected chi connectivity index (χ0v) is 10.9. The van der Waals surface area contributed by atoms with Gasteiger partial charge in [0.05, 0.1) is 6.20 Å². The lowest BCUT2D eigenvalue weighted by atomic mass is 9.96. The Bertz CT molecular complexity index is 347. The van der Waals surface area contributed by atoms with Crippen LogP contribution in [-0.4, -0.2) is 23.6 Å². The number of anilines is 1. The normalized spacial score (nSPS) is 11.6. The lowest BCUT2D eigenvalue weighted by molar-refractivity contribution is 0.418. The second kappa shape index (κ2) is 4.54. The summed E-state index contributed by atoms with van der Waals surface area (Å²) in [6.45, 7) is 7.31. The third kappa shape index (κ3) is 3.84. The average molecular weight is 248 g/mol. The molecule has 0 radical (unpaired) electrons. The van der Waals surface area contributed by atoms with E-state index in [2.05, 4.69) is 30.7 Å². The van der Waals surface area contributed by atoms with Gasteiger partial charge in [-0.25, -0.2) is 4.98 Å². The van der Waals surface area contributed by atoms with Gasteiger partial charge in [0.15, 0.2) is 5.82 Å². The summed E-state index contributed by atoms with van der Waals surface area (Å²) in [5, 5.41) is 0.737. The molecule has 0 spiro atoms. The highest BCUT2D eigenvalue weighted by Gasteiger charge is 2.17. The topological polar surface area (TPSA) is 29.0 Å². The Morgan fingerprint density at radius 3 is 2.47 bits per heavy atom. The lowest BCUT2D eigenvalue weighted by Crippen LogP contribution is -2.30. The molecule has 0 saturated carbocycles. The minimum absolute atomic E-state index is 0.176. The lowest BCUT2D eigenvalue weighted by Gasteiger charge is -2.27. The number of halogens is 2. The smallest absolute Gasteiger partial charge is 0.224 e. The Kier molecular flexibility index (Phi) is 3.79. The van der Waals surface area contributed by atoms with Crippen LogP contribution in [0.1, 0.15) is 20.8 Å². The van der Waals surface area contributed by atoms with Crippen LogP contribution in [0.15, 0.2) is 6.20 Å². The van der Waals surface area contributed by atoms with E-state index in [1.54, 1.807) is 0 Å². The molecule has 0 aliphatic carbocycles. The molecule has 0 aromatic carbocycles. The fourth-order valence-corrected chi connectivity index (χ4v) is 1.76. The van der Waals surface area contributed by atoms with E-state index < -0.39 is 0 Å². The van der Waals surface area contributed by atoms with Crippen LogP contribution in [0.4, 0.5) is 5.82 Å². The fraction of sp³-hybridized carbons (Fsp3) is 0.600. The van der Waals surface area contributed by atoms with Crippen LogP contribution in [0.25, 0.3) is 0 Å². The van der Waals surface area contributed by atoms with Gasteiger partial charge < -0.3 is 4.90 Å². The average Bonchev–Trinajstić information content (AvgIpc) is 2.06. The first-order valence-corrected chi connectivity index (χ1v) is 5.44. The largest absolute Gasteiger partial charge is 0.358 e. The molecule has 1 rings (SSSR count). The van der Waals surface area contributed by atoms with Gasteiger partial charge in [-0.3, -0.25) is 0 Å². The van der Waals surface area contributed by atoms with Gasteiger partial charge in [-0.15, -0.1) is 0 Å². The van der Waals surface area contributed by atoms with Gasteiger partial charge in [0, 0.05) is 13.6 Å². The highest BCUT2D eigenvalue weighted by atomic mass is 35.5. The quantitative estimate of drug-likeness (QED) is 0.752. The van der Waals surface area contributed by atoms with Gasteiger partial charge in [-0.1, -0.05) is 32.4 Å². The summed E-state index contributed by atoms with van der Waals surface area (Å²) >= 11 is 11.7. The Morgan fingerprint density at radius 1 is 1.33 bits per heavy atom. The number of rotatable bonds is 2. The van der Waals surface area contributed by atoms with E-state index in [-0.39, 0.29) is 10.7 Å². The van der Waals surface area contributed by atoms with Crippen molar-refractivity contribution in [2.75, 3.05) is 18.5 Å². The second-order valence-electron chi connectivity index (χ2n) is 4.73. The number of hydrogen-bond acceptors (Lipinski definition) is 3. The molecular formula is C10H15Cl2N3. The molecule has 0 aliphatic rings. The van der Waals surface area contributed by atoms with E-state index in [0.29, 0.717) is 10.8 Å². The van der Waals surface area contributed by atoms with Crippen LogP contribution in [0.5, 0.6) is 0 Å². The van der Waals surface area contributed by atoms with Crippen LogP contribution >= 0.6 is 23.2 Å². The molecule has 0 amide bonds. The van der Waals surface area contributed by atoms with Gasteiger partial charge >= 0.3 is 0 Å². The summed E-state index contributed by atoms with van der Waals surface area (Å²) in [5.74, 6) is 0.673. The molecule has 1 aromatic rings. The van der Waals surface area contributed by atoms with E-state index in [1.165, 1.54) is 6.20 Å². The molecule has 15 heavy (non-hydrogen) atoms. The molecule has 1 aromatic heterocycles. The summed E-state index contributed by atoms with van der Waals surface area (Å²) in [6, 6.07) is 0. The Balaban J connectivity index is 2.90. The Morgan fingerprint density at radius 2 is 1.93 bits per heavy atom. The van der Waals surface area contributed by atoms with Gasteiger partial charge in [-0.05, 0) is 17.0 Å². The fourth-order valence-electron chi connectivity index (χ4n) is 1.39. The van der Waals surface area contributed by atoms with Gasteiger partial charge in [-0.2, -0.15) is 4.98 Å². The third-order valence-corrected chi connectivity index (χ3v) is 2.22. The van der Waals surface area contributed by atoms with Crippen molar-refractivity contribution < 1.29 is 0 Å². The van der Waals surface area contributed by atoms with E-state index in [9.17, 15) is 0 Å². The van der Waals surface area contributed by atoms with Crippen molar-refractivity contribution in [3.05, 3.63) is 16.5 Å². The summed E-state index contributed by atoms with van der Waals surface area (Å²) < 4.78 is 0. The molecule has 0 fully saturated rings. The van der Waals surface area contributed by atoms with E-state index in [1.807, 2.05) is 11.9 Å².